The zero-order valence-electron chi connectivity index (χ0n) is 14.5. The van der Waals surface area contributed by atoms with Gasteiger partial charge in [0.2, 0.25) is 0 Å². The highest BCUT2D eigenvalue weighted by Crippen LogP contribution is 2.30. The molecule has 1 saturated heterocycles. The van der Waals surface area contributed by atoms with Gasteiger partial charge in [0.05, 0.1) is 6.04 Å². The number of carbonyl (C=O) groups excluding carboxylic acids is 1. The first-order chi connectivity index (χ1) is 11.1. The third-order valence-electron chi connectivity index (χ3n) is 4.40. The fourth-order valence-corrected chi connectivity index (χ4v) is 2.88. The molecule has 0 bridgehead atoms. The van der Waals surface area contributed by atoms with E-state index in [1.807, 2.05) is 39.3 Å². The van der Waals surface area contributed by atoms with Crippen LogP contribution in [-0.4, -0.2) is 63.3 Å². The molecule has 2 amide bonds. The molecule has 1 N–H and O–H groups in total. The van der Waals surface area contributed by atoms with E-state index in [4.69, 9.17) is 4.74 Å². The number of hydrogen-bond donors (Lipinski definition) is 1. The Morgan fingerprint density at radius 1 is 1.17 bits per heavy atom. The predicted molar refractivity (Wildman–Crippen MR) is 92.4 cm³/mol. The normalized spacial score (nSPS) is 17.0. The topological polar surface area (TPSA) is 44.8 Å². The second-order valence-electron chi connectivity index (χ2n) is 6.51. The largest absolute Gasteiger partial charge is 0.381 e. The summed E-state index contributed by atoms with van der Waals surface area (Å²) in [6.45, 7) is 3.13. The van der Waals surface area contributed by atoms with Gasteiger partial charge in [-0.25, -0.2) is 4.79 Å². The van der Waals surface area contributed by atoms with E-state index in [1.165, 1.54) is 5.56 Å². The molecule has 1 aliphatic rings. The second-order valence-corrected chi connectivity index (χ2v) is 6.51. The van der Waals surface area contributed by atoms with Crippen molar-refractivity contribution in [2.24, 2.45) is 5.92 Å². The second kappa shape index (κ2) is 8.89. The van der Waals surface area contributed by atoms with E-state index in [0.29, 0.717) is 12.5 Å². The SMILES string of the molecule is CN(C)CCN(C)C(=O)NC(c1ccccc1)C1CCOCC1. The molecule has 5 heteroatoms. The van der Waals surface area contributed by atoms with Gasteiger partial charge in [0, 0.05) is 33.4 Å². The first kappa shape index (κ1) is 17.8. The van der Waals surface area contributed by atoms with Gasteiger partial charge in [0.1, 0.15) is 0 Å². The maximum absolute atomic E-state index is 12.5. The maximum atomic E-state index is 12.5. The van der Waals surface area contributed by atoms with E-state index in [0.717, 1.165) is 32.6 Å². The van der Waals surface area contributed by atoms with Crippen molar-refractivity contribution in [3.63, 3.8) is 0 Å². The van der Waals surface area contributed by atoms with Gasteiger partial charge < -0.3 is 19.9 Å². The molecular formula is C18H29N3O2. The Kier molecular flexibility index (Phi) is 6.86. The average Bonchev–Trinajstić information content (AvgIpc) is 2.58. The molecule has 2 rings (SSSR count). The minimum absolute atomic E-state index is 0.00723. The van der Waals surface area contributed by atoms with E-state index >= 15 is 0 Å². The fourth-order valence-electron chi connectivity index (χ4n) is 2.88. The highest BCUT2D eigenvalue weighted by Gasteiger charge is 2.27. The van der Waals surface area contributed by atoms with Gasteiger partial charge in [-0.1, -0.05) is 30.3 Å². The molecule has 1 fully saturated rings. The first-order valence-electron chi connectivity index (χ1n) is 8.37. The van der Waals surface area contributed by atoms with Crippen LogP contribution >= 0.6 is 0 Å². The minimum Gasteiger partial charge on any atom is -0.381 e. The van der Waals surface area contributed by atoms with Crippen molar-refractivity contribution in [1.82, 2.24) is 15.1 Å². The molecule has 1 aromatic rings. The van der Waals surface area contributed by atoms with Crippen LogP contribution in [0.2, 0.25) is 0 Å². The highest BCUT2D eigenvalue weighted by atomic mass is 16.5. The molecule has 1 unspecified atom stereocenters. The van der Waals surface area contributed by atoms with E-state index in [-0.39, 0.29) is 12.1 Å². The molecule has 0 aliphatic carbocycles. The summed E-state index contributed by atoms with van der Waals surface area (Å²) >= 11 is 0. The van der Waals surface area contributed by atoms with Crippen LogP contribution in [0.3, 0.4) is 0 Å². The number of urea groups is 1. The van der Waals surface area contributed by atoms with Gasteiger partial charge in [-0.3, -0.25) is 0 Å². The third-order valence-corrected chi connectivity index (χ3v) is 4.40. The molecule has 0 spiro atoms. The number of rotatable bonds is 6. The summed E-state index contributed by atoms with van der Waals surface area (Å²) in [5.74, 6) is 0.428. The first-order valence-corrected chi connectivity index (χ1v) is 8.37. The number of likely N-dealkylation sites (N-methyl/N-ethyl adjacent to an activating group) is 2. The van der Waals surface area contributed by atoms with Crippen LogP contribution in [0.15, 0.2) is 30.3 Å². The van der Waals surface area contributed by atoms with E-state index in [1.54, 1.807) is 4.90 Å². The molecule has 0 aromatic heterocycles. The lowest BCUT2D eigenvalue weighted by atomic mass is 9.87. The standard InChI is InChI=1S/C18H29N3O2/c1-20(2)11-12-21(3)18(22)19-17(15-7-5-4-6-8-15)16-9-13-23-14-10-16/h4-8,16-17H,9-14H2,1-3H3,(H,19,22). The number of hydrogen-bond acceptors (Lipinski definition) is 3. The molecule has 0 radical (unpaired) electrons. The zero-order valence-corrected chi connectivity index (χ0v) is 14.5. The van der Waals surface area contributed by atoms with Crippen LogP contribution in [0.25, 0.3) is 0 Å². The maximum Gasteiger partial charge on any atom is 0.317 e. The van der Waals surface area contributed by atoms with Crippen molar-refractivity contribution in [2.45, 2.75) is 18.9 Å². The summed E-state index contributed by atoms with van der Waals surface area (Å²) in [7, 11) is 5.88. The quantitative estimate of drug-likeness (QED) is 0.875. The smallest absolute Gasteiger partial charge is 0.317 e. The van der Waals surface area contributed by atoms with Gasteiger partial charge in [-0.05, 0) is 38.4 Å². The van der Waals surface area contributed by atoms with Crippen LogP contribution in [0.5, 0.6) is 0 Å². The van der Waals surface area contributed by atoms with Crippen molar-refractivity contribution in [2.75, 3.05) is 47.4 Å². The van der Waals surface area contributed by atoms with Crippen molar-refractivity contribution >= 4 is 6.03 Å². The average molecular weight is 319 g/mol. The van der Waals surface area contributed by atoms with Gasteiger partial charge >= 0.3 is 6.03 Å². The fraction of sp³-hybridized carbons (Fsp3) is 0.611. The van der Waals surface area contributed by atoms with Crippen molar-refractivity contribution in [3.8, 4) is 0 Å². The van der Waals surface area contributed by atoms with Gasteiger partial charge in [0.25, 0.3) is 0 Å². The number of ether oxygens (including phenoxy) is 1. The van der Waals surface area contributed by atoms with Gasteiger partial charge in [0.15, 0.2) is 0 Å². The Labute approximate surface area is 139 Å². The van der Waals surface area contributed by atoms with Crippen LogP contribution in [0.4, 0.5) is 4.79 Å². The Balaban J connectivity index is 2.03. The number of nitrogens with zero attached hydrogens (tertiary/aromatic N) is 2. The Hall–Kier alpha value is -1.59. The predicted octanol–water partition coefficient (Wildman–Crippen LogP) is 2.36. The molecule has 1 atom stereocenters. The molecule has 5 nitrogen and oxygen atoms in total. The summed E-state index contributed by atoms with van der Waals surface area (Å²) in [4.78, 5) is 16.4. The summed E-state index contributed by atoms with van der Waals surface area (Å²) in [5, 5.41) is 3.24. The highest BCUT2D eigenvalue weighted by molar-refractivity contribution is 5.74. The number of amides is 2. The van der Waals surface area contributed by atoms with E-state index < -0.39 is 0 Å². The lowest BCUT2D eigenvalue weighted by molar-refractivity contribution is 0.0540. The molecule has 128 valence electrons. The summed E-state index contributed by atoms with van der Waals surface area (Å²) in [5.41, 5.74) is 1.17. The molecular weight excluding hydrogens is 290 g/mol. The molecule has 23 heavy (non-hydrogen) atoms. The Bertz CT molecular complexity index is 472. The lowest BCUT2D eigenvalue weighted by Gasteiger charge is -2.33. The van der Waals surface area contributed by atoms with E-state index in [9.17, 15) is 4.79 Å². The van der Waals surface area contributed by atoms with Crippen LogP contribution < -0.4 is 5.32 Å². The Morgan fingerprint density at radius 2 is 1.83 bits per heavy atom. The molecule has 1 aliphatic heterocycles. The van der Waals surface area contributed by atoms with Crippen molar-refractivity contribution in [1.29, 1.82) is 0 Å². The number of benzene rings is 1. The summed E-state index contributed by atoms with van der Waals surface area (Å²) < 4.78 is 5.47. The van der Waals surface area contributed by atoms with Gasteiger partial charge in [-0.2, -0.15) is 0 Å². The van der Waals surface area contributed by atoms with Crippen molar-refractivity contribution in [3.05, 3.63) is 35.9 Å². The lowest BCUT2D eigenvalue weighted by Crippen LogP contribution is -2.44. The van der Waals surface area contributed by atoms with Crippen LogP contribution in [0.1, 0.15) is 24.4 Å². The number of nitrogens with one attached hydrogen (secondary N) is 1. The number of carbonyl (C=O) groups is 1. The minimum atomic E-state index is -0.00723. The molecule has 1 aromatic carbocycles. The zero-order chi connectivity index (χ0) is 16.7. The molecule has 0 saturated carbocycles. The van der Waals surface area contributed by atoms with Crippen LogP contribution in [0, 0.1) is 5.92 Å². The summed E-state index contributed by atoms with van der Waals surface area (Å²) in [6, 6.07) is 10.3. The van der Waals surface area contributed by atoms with Gasteiger partial charge in [-0.15, -0.1) is 0 Å². The van der Waals surface area contributed by atoms with Crippen molar-refractivity contribution < 1.29 is 9.53 Å². The molecule has 1 heterocycles. The monoisotopic (exact) mass is 319 g/mol. The van der Waals surface area contributed by atoms with Crippen LogP contribution in [-0.2, 0) is 4.74 Å². The Morgan fingerprint density at radius 3 is 2.43 bits per heavy atom. The van der Waals surface area contributed by atoms with E-state index in [2.05, 4.69) is 22.3 Å². The summed E-state index contributed by atoms with van der Waals surface area (Å²) in [6.07, 6.45) is 1.97. The third kappa shape index (κ3) is 5.52.